The van der Waals surface area contributed by atoms with Crippen molar-refractivity contribution in [3.05, 3.63) is 88.9 Å². The molecule has 0 aromatic heterocycles. The Morgan fingerprint density at radius 2 is 1.72 bits per heavy atom. The van der Waals surface area contributed by atoms with Gasteiger partial charge in [0.25, 0.3) is 5.91 Å². The third-order valence-electron chi connectivity index (χ3n) is 4.13. The molecule has 0 aliphatic carbocycles. The fraction of sp³-hybridized carbons (Fsp3) is 0.174. The maximum atomic E-state index is 12.3. The number of methoxy groups -OCH3 is 1. The van der Waals surface area contributed by atoms with Crippen LogP contribution in [-0.4, -0.2) is 26.2 Å². The van der Waals surface area contributed by atoms with Gasteiger partial charge in [-0.2, -0.15) is 0 Å². The average Bonchev–Trinajstić information content (AvgIpc) is 2.76. The second kappa shape index (κ2) is 10.8. The lowest BCUT2D eigenvalue weighted by Gasteiger charge is -2.09. The Bertz CT molecular complexity index is 930. The van der Waals surface area contributed by atoms with Crippen LogP contribution in [0.25, 0.3) is 0 Å². The summed E-state index contributed by atoms with van der Waals surface area (Å²) in [4.78, 5) is 13.4. The normalized spacial score (nSPS) is 10.4. The molecule has 0 fully saturated rings. The minimum Gasteiger partial charge on any atom is -0.497 e. The number of thioether (sulfide) groups is 1. The van der Waals surface area contributed by atoms with Gasteiger partial charge in [-0.05, 0) is 54.1 Å². The Kier molecular flexibility index (Phi) is 7.85. The van der Waals surface area contributed by atoms with Crippen LogP contribution in [0.1, 0.15) is 15.9 Å². The van der Waals surface area contributed by atoms with Gasteiger partial charge in [-0.1, -0.05) is 29.8 Å². The number of halogens is 1. The zero-order valence-electron chi connectivity index (χ0n) is 16.1. The molecule has 150 valence electrons. The molecule has 0 atom stereocenters. The van der Waals surface area contributed by atoms with Crippen LogP contribution in [0.2, 0.25) is 5.02 Å². The molecular formula is C23H22ClNO3S. The van der Waals surface area contributed by atoms with Crippen LogP contribution in [0, 0.1) is 0 Å². The van der Waals surface area contributed by atoms with Crippen molar-refractivity contribution < 1.29 is 14.3 Å². The van der Waals surface area contributed by atoms with E-state index >= 15 is 0 Å². The lowest BCUT2D eigenvalue weighted by Crippen LogP contribution is -2.28. The Balaban J connectivity index is 1.41. The van der Waals surface area contributed by atoms with Crippen molar-refractivity contribution in [2.24, 2.45) is 0 Å². The Hall–Kier alpha value is -2.63. The van der Waals surface area contributed by atoms with Gasteiger partial charge in [-0.25, -0.2) is 0 Å². The number of nitrogens with one attached hydrogen (secondary N) is 1. The molecule has 1 amide bonds. The maximum absolute atomic E-state index is 12.3. The quantitative estimate of drug-likeness (QED) is 0.364. The van der Waals surface area contributed by atoms with Crippen molar-refractivity contribution in [2.45, 2.75) is 10.6 Å². The summed E-state index contributed by atoms with van der Waals surface area (Å²) in [6, 6.07) is 22.8. The molecule has 3 aromatic carbocycles. The molecule has 3 rings (SSSR count). The molecule has 0 radical (unpaired) electrons. The molecule has 0 heterocycles. The zero-order valence-corrected chi connectivity index (χ0v) is 17.6. The number of carbonyl (C=O) groups is 1. The second-order valence-corrected chi connectivity index (χ2v) is 7.71. The smallest absolute Gasteiger partial charge is 0.251 e. The molecule has 4 nitrogen and oxygen atoms in total. The van der Waals surface area contributed by atoms with E-state index in [2.05, 4.69) is 5.32 Å². The summed E-state index contributed by atoms with van der Waals surface area (Å²) >= 11 is 7.63. The third-order valence-corrected chi connectivity index (χ3v) is 5.47. The highest BCUT2D eigenvalue weighted by Gasteiger charge is 2.05. The van der Waals surface area contributed by atoms with E-state index in [1.807, 2.05) is 72.8 Å². The van der Waals surface area contributed by atoms with E-state index in [1.54, 1.807) is 18.9 Å². The summed E-state index contributed by atoms with van der Waals surface area (Å²) < 4.78 is 10.8. The molecule has 0 saturated carbocycles. The fourth-order valence-corrected chi connectivity index (χ4v) is 3.56. The van der Waals surface area contributed by atoms with Crippen molar-refractivity contribution in [1.29, 1.82) is 0 Å². The van der Waals surface area contributed by atoms with E-state index in [-0.39, 0.29) is 5.91 Å². The SMILES string of the molecule is COc1cccc(OCCNC(=O)c2ccc(CSc3ccc(Cl)cc3)cc2)c1. The Morgan fingerprint density at radius 3 is 2.45 bits per heavy atom. The number of rotatable bonds is 9. The lowest BCUT2D eigenvalue weighted by atomic mass is 10.1. The molecule has 0 saturated heterocycles. The van der Waals surface area contributed by atoms with Crippen molar-refractivity contribution in [3.63, 3.8) is 0 Å². The molecule has 0 aliphatic rings. The van der Waals surface area contributed by atoms with Crippen molar-refractivity contribution in [1.82, 2.24) is 5.32 Å². The lowest BCUT2D eigenvalue weighted by molar-refractivity contribution is 0.0947. The number of hydrogen-bond acceptors (Lipinski definition) is 4. The molecule has 0 bridgehead atoms. The molecule has 0 aliphatic heterocycles. The van der Waals surface area contributed by atoms with Crippen LogP contribution in [0.5, 0.6) is 11.5 Å². The Morgan fingerprint density at radius 1 is 1.00 bits per heavy atom. The minimum absolute atomic E-state index is 0.115. The fourth-order valence-electron chi connectivity index (χ4n) is 2.58. The van der Waals surface area contributed by atoms with Crippen LogP contribution >= 0.6 is 23.4 Å². The number of ether oxygens (including phenoxy) is 2. The van der Waals surface area contributed by atoms with E-state index in [0.717, 1.165) is 27.0 Å². The van der Waals surface area contributed by atoms with Gasteiger partial charge in [0.15, 0.2) is 0 Å². The van der Waals surface area contributed by atoms with Gasteiger partial charge in [0.05, 0.1) is 13.7 Å². The summed E-state index contributed by atoms with van der Waals surface area (Å²) in [5.41, 5.74) is 1.79. The van der Waals surface area contributed by atoms with E-state index in [0.29, 0.717) is 24.5 Å². The molecule has 3 aromatic rings. The van der Waals surface area contributed by atoms with E-state index in [9.17, 15) is 4.79 Å². The molecular weight excluding hydrogens is 406 g/mol. The predicted molar refractivity (Wildman–Crippen MR) is 118 cm³/mol. The van der Waals surface area contributed by atoms with Crippen molar-refractivity contribution in [3.8, 4) is 11.5 Å². The van der Waals surface area contributed by atoms with Gasteiger partial charge in [0.2, 0.25) is 0 Å². The Labute approximate surface area is 180 Å². The summed E-state index contributed by atoms with van der Waals surface area (Å²) in [5.74, 6) is 2.16. The predicted octanol–water partition coefficient (Wildman–Crippen LogP) is 5.45. The number of benzene rings is 3. The first-order chi connectivity index (χ1) is 14.1. The molecule has 0 spiro atoms. The molecule has 6 heteroatoms. The van der Waals surface area contributed by atoms with Crippen molar-refractivity contribution in [2.75, 3.05) is 20.3 Å². The van der Waals surface area contributed by atoms with Crippen LogP contribution in [0.15, 0.2) is 77.7 Å². The average molecular weight is 428 g/mol. The summed E-state index contributed by atoms with van der Waals surface area (Å²) in [5, 5.41) is 3.60. The first kappa shape index (κ1) is 21.1. The van der Waals surface area contributed by atoms with Gasteiger partial charge in [0.1, 0.15) is 18.1 Å². The van der Waals surface area contributed by atoms with Crippen LogP contribution in [0.4, 0.5) is 0 Å². The highest BCUT2D eigenvalue weighted by atomic mass is 35.5. The van der Waals surface area contributed by atoms with E-state index in [1.165, 1.54) is 0 Å². The van der Waals surface area contributed by atoms with E-state index < -0.39 is 0 Å². The number of hydrogen-bond donors (Lipinski definition) is 1. The summed E-state index contributed by atoms with van der Waals surface area (Å²) in [6.07, 6.45) is 0. The van der Waals surface area contributed by atoms with Gasteiger partial charge in [-0.15, -0.1) is 11.8 Å². The van der Waals surface area contributed by atoms with Crippen LogP contribution < -0.4 is 14.8 Å². The minimum atomic E-state index is -0.115. The highest BCUT2D eigenvalue weighted by Crippen LogP contribution is 2.24. The topological polar surface area (TPSA) is 47.6 Å². The van der Waals surface area contributed by atoms with Crippen LogP contribution in [0.3, 0.4) is 0 Å². The van der Waals surface area contributed by atoms with Gasteiger partial charge in [0, 0.05) is 27.3 Å². The number of carbonyl (C=O) groups excluding carboxylic acids is 1. The molecule has 29 heavy (non-hydrogen) atoms. The van der Waals surface area contributed by atoms with Gasteiger partial charge in [-0.3, -0.25) is 4.79 Å². The molecule has 0 unspecified atom stereocenters. The first-order valence-corrected chi connectivity index (χ1v) is 10.5. The van der Waals surface area contributed by atoms with Gasteiger partial charge >= 0.3 is 0 Å². The second-order valence-electron chi connectivity index (χ2n) is 6.22. The number of amides is 1. The summed E-state index contributed by atoms with van der Waals surface area (Å²) in [7, 11) is 1.61. The van der Waals surface area contributed by atoms with Crippen molar-refractivity contribution >= 4 is 29.3 Å². The molecule has 1 N–H and O–H groups in total. The zero-order chi connectivity index (χ0) is 20.5. The first-order valence-electron chi connectivity index (χ1n) is 9.16. The highest BCUT2D eigenvalue weighted by molar-refractivity contribution is 7.98. The largest absolute Gasteiger partial charge is 0.497 e. The maximum Gasteiger partial charge on any atom is 0.251 e. The third kappa shape index (κ3) is 6.73. The van der Waals surface area contributed by atoms with Gasteiger partial charge < -0.3 is 14.8 Å². The summed E-state index contributed by atoms with van der Waals surface area (Å²) in [6.45, 7) is 0.805. The monoisotopic (exact) mass is 427 g/mol. The van der Waals surface area contributed by atoms with Crippen LogP contribution in [-0.2, 0) is 5.75 Å². The standard InChI is InChI=1S/C23H22ClNO3S/c1-27-20-3-2-4-21(15-20)28-14-13-25-23(26)18-7-5-17(6-8-18)16-29-22-11-9-19(24)10-12-22/h2-12,15H,13-14,16H2,1H3,(H,25,26). The van der Waals surface area contributed by atoms with E-state index in [4.69, 9.17) is 21.1 Å².